The molecule has 0 atom stereocenters. The van der Waals surface area contributed by atoms with Crippen LogP contribution in [0.5, 0.6) is 0 Å². The second-order valence-electron chi connectivity index (χ2n) is 4.64. The van der Waals surface area contributed by atoms with E-state index in [4.69, 9.17) is 9.15 Å². The van der Waals surface area contributed by atoms with E-state index in [1.165, 1.54) is 6.39 Å². The molecule has 19 heavy (non-hydrogen) atoms. The number of carbonyl (C=O) groups is 2. The third-order valence-corrected chi connectivity index (χ3v) is 3.45. The fourth-order valence-electron chi connectivity index (χ4n) is 2.08. The summed E-state index contributed by atoms with van der Waals surface area (Å²) in [6.45, 7) is 2.48. The number of amides is 1. The number of nitrogens with zero attached hydrogens (tertiary/aromatic N) is 1. The Kier molecular flexibility index (Phi) is 3.84. The van der Waals surface area contributed by atoms with E-state index in [2.05, 4.69) is 10.3 Å². The first-order valence-electron chi connectivity index (χ1n) is 6.05. The van der Waals surface area contributed by atoms with Crippen LogP contribution in [0.2, 0.25) is 0 Å². The lowest BCUT2D eigenvalue weighted by molar-refractivity contribution is -0.154. The summed E-state index contributed by atoms with van der Waals surface area (Å²) in [7, 11) is 0. The molecule has 0 unspecified atom stereocenters. The van der Waals surface area contributed by atoms with E-state index < -0.39 is 17.3 Å². The van der Waals surface area contributed by atoms with Gasteiger partial charge in [0.2, 0.25) is 0 Å². The van der Waals surface area contributed by atoms with Crippen molar-refractivity contribution in [2.24, 2.45) is 5.41 Å². The molecule has 104 valence electrons. The van der Waals surface area contributed by atoms with E-state index in [1.54, 1.807) is 6.92 Å². The Morgan fingerprint density at radius 1 is 1.47 bits per heavy atom. The zero-order chi connectivity index (χ0) is 13.9. The minimum absolute atomic E-state index is 0.0663. The Bertz CT molecular complexity index is 476. The molecule has 0 bridgehead atoms. The molecule has 0 aliphatic carbocycles. The van der Waals surface area contributed by atoms with Gasteiger partial charge in [-0.15, -0.1) is 0 Å². The van der Waals surface area contributed by atoms with Crippen molar-refractivity contribution in [1.82, 2.24) is 10.3 Å². The van der Waals surface area contributed by atoms with Crippen molar-refractivity contribution in [3.63, 3.8) is 0 Å². The van der Waals surface area contributed by atoms with Gasteiger partial charge in [-0.25, -0.2) is 4.98 Å². The van der Waals surface area contributed by atoms with Crippen molar-refractivity contribution in [1.29, 1.82) is 0 Å². The molecule has 2 N–H and O–H groups in total. The zero-order valence-corrected chi connectivity index (χ0v) is 10.6. The van der Waals surface area contributed by atoms with Crippen molar-refractivity contribution in [2.45, 2.75) is 19.8 Å². The maximum Gasteiger partial charge on any atom is 0.311 e. The lowest BCUT2D eigenvalue weighted by Crippen LogP contribution is -2.46. The molecule has 1 aromatic heterocycles. The Labute approximate surface area is 110 Å². The second kappa shape index (κ2) is 5.40. The molecular formula is C12H16N2O5. The largest absolute Gasteiger partial charge is 0.481 e. The summed E-state index contributed by atoms with van der Waals surface area (Å²) in [6, 6.07) is 0. The molecule has 2 rings (SSSR count). The number of aryl methyl sites for hydroxylation is 1. The van der Waals surface area contributed by atoms with Crippen molar-refractivity contribution in [2.75, 3.05) is 19.8 Å². The number of oxazole rings is 1. The molecule has 7 heteroatoms. The number of carboxylic acids is 1. The molecule has 1 fully saturated rings. The number of hydrogen-bond acceptors (Lipinski definition) is 5. The topological polar surface area (TPSA) is 102 Å². The van der Waals surface area contributed by atoms with Gasteiger partial charge < -0.3 is 19.6 Å². The molecule has 1 aliphatic rings. The monoisotopic (exact) mass is 268 g/mol. The normalized spacial score (nSPS) is 17.9. The number of carbonyl (C=O) groups excluding carboxylic acids is 1. The Morgan fingerprint density at radius 2 is 2.16 bits per heavy atom. The summed E-state index contributed by atoms with van der Waals surface area (Å²) in [4.78, 5) is 27.1. The van der Waals surface area contributed by atoms with Crippen LogP contribution in [0.1, 0.15) is 29.1 Å². The van der Waals surface area contributed by atoms with Crippen LogP contribution >= 0.6 is 0 Å². The standard InChI is InChI=1S/C12H16N2O5/c1-8-9(14-7-19-8)10(15)13-6-12(11(16)17)2-4-18-5-3-12/h7H,2-6H2,1H3,(H,13,15)(H,16,17). The molecule has 1 aromatic rings. The second-order valence-corrected chi connectivity index (χ2v) is 4.64. The van der Waals surface area contributed by atoms with Gasteiger partial charge in [0.25, 0.3) is 5.91 Å². The lowest BCUT2D eigenvalue weighted by atomic mass is 9.80. The van der Waals surface area contributed by atoms with E-state index >= 15 is 0 Å². The van der Waals surface area contributed by atoms with E-state index in [-0.39, 0.29) is 12.2 Å². The van der Waals surface area contributed by atoms with Gasteiger partial charge in [0.1, 0.15) is 5.76 Å². The van der Waals surface area contributed by atoms with Gasteiger partial charge in [0.15, 0.2) is 12.1 Å². The molecule has 0 spiro atoms. The van der Waals surface area contributed by atoms with Gasteiger partial charge in [-0.3, -0.25) is 9.59 Å². The smallest absolute Gasteiger partial charge is 0.311 e. The van der Waals surface area contributed by atoms with Gasteiger partial charge in [0.05, 0.1) is 5.41 Å². The zero-order valence-electron chi connectivity index (χ0n) is 10.6. The first kappa shape index (κ1) is 13.5. The average Bonchev–Trinajstić information content (AvgIpc) is 2.83. The third-order valence-electron chi connectivity index (χ3n) is 3.45. The molecule has 0 saturated carbocycles. The summed E-state index contributed by atoms with van der Waals surface area (Å²) in [5.41, 5.74) is -0.765. The number of nitrogens with one attached hydrogen (secondary N) is 1. The molecule has 0 aromatic carbocycles. The summed E-state index contributed by atoms with van der Waals surface area (Å²) < 4.78 is 10.1. The van der Waals surface area contributed by atoms with Crippen LogP contribution in [-0.2, 0) is 9.53 Å². The molecule has 1 amide bonds. The number of hydrogen-bond donors (Lipinski definition) is 2. The maximum absolute atomic E-state index is 11.9. The van der Waals surface area contributed by atoms with Crippen LogP contribution in [0.15, 0.2) is 10.8 Å². The van der Waals surface area contributed by atoms with Gasteiger partial charge in [0, 0.05) is 19.8 Å². The van der Waals surface area contributed by atoms with Crippen LogP contribution < -0.4 is 5.32 Å². The molecule has 1 aliphatic heterocycles. The number of carboxylic acid groups (broad SMARTS) is 1. The third kappa shape index (κ3) is 2.76. The van der Waals surface area contributed by atoms with Crippen LogP contribution in [-0.4, -0.2) is 41.7 Å². The summed E-state index contributed by atoms with van der Waals surface area (Å²) in [6.07, 6.45) is 1.96. The number of aliphatic carboxylic acids is 1. The van der Waals surface area contributed by atoms with E-state index in [0.717, 1.165) is 0 Å². The lowest BCUT2D eigenvalue weighted by Gasteiger charge is -2.32. The predicted octanol–water partition coefficient (Wildman–Crippen LogP) is 0.594. The molecule has 7 nitrogen and oxygen atoms in total. The first-order chi connectivity index (χ1) is 9.05. The van der Waals surface area contributed by atoms with Crippen LogP contribution in [0.25, 0.3) is 0 Å². The van der Waals surface area contributed by atoms with Crippen LogP contribution in [0, 0.1) is 12.3 Å². The molecule has 1 saturated heterocycles. The Balaban J connectivity index is 2.02. The maximum atomic E-state index is 11.9. The van der Waals surface area contributed by atoms with Gasteiger partial charge in [-0.05, 0) is 19.8 Å². The van der Waals surface area contributed by atoms with Crippen molar-refractivity contribution in [3.05, 3.63) is 17.8 Å². The predicted molar refractivity (Wildman–Crippen MR) is 63.7 cm³/mol. The van der Waals surface area contributed by atoms with Crippen LogP contribution in [0.4, 0.5) is 0 Å². The summed E-state index contributed by atoms with van der Waals surface area (Å²) in [5, 5.41) is 12.0. The molecular weight excluding hydrogens is 252 g/mol. The van der Waals surface area contributed by atoms with Crippen molar-refractivity contribution in [3.8, 4) is 0 Å². The highest BCUT2D eigenvalue weighted by Gasteiger charge is 2.40. The van der Waals surface area contributed by atoms with E-state index in [1.807, 2.05) is 0 Å². The minimum Gasteiger partial charge on any atom is -0.481 e. The highest BCUT2D eigenvalue weighted by molar-refractivity contribution is 5.93. The van der Waals surface area contributed by atoms with Crippen molar-refractivity contribution >= 4 is 11.9 Å². The molecule has 0 radical (unpaired) electrons. The Morgan fingerprint density at radius 3 is 2.68 bits per heavy atom. The van der Waals surface area contributed by atoms with Crippen molar-refractivity contribution < 1.29 is 23.8 Å². The summed E-state index contributed by atoms with van der Waals surface area (Å²) >= 11 is 0. The highest BCUT2D eigenvalue weighted by Crippen LogP contribution is 2.30. The fraction of sp³-hybridized carbons (Fsp3) is 0.583. The number of aromatic nitrogens is 1. The first-order valence-corrected chi connectivity index (χ1v) is 6.05. The SMILES string of the molecule is Cc1ocnc1C(=O)NCC1(C(=O)O)CCOCC1. The average molecular weight is 268 g/mol. The summed E-state index contributed by atoms with van der Waals surface area (Å²) in [5.74, 6) is -0.916. The molecule has 2 heterocycles. The number of ether oxygens (including phenoxy) is 1. The quantitative estimate of drug-likeness (QED) is 0.828. The van der Waals surface area contributed by atoms with Crippen LogP contribution in [0.3, 0.4) is 0 Å². The van der Waals surface area contributed by atoms with Gasteiger partial charge in [-0.1, -0.05) is 0 Å². The van der Waals surface area contributed by atoms with Gasteiger partial charge >= 0.3 is 5.97 Å². The minimum atomic E-state index is -0.953. The van der Waals surface area contributed by atoms with Gasteiger partial charge in [-0.2, -0.15) is 0 Å². The number of rotatable bonds is 4. The fourth-order valence-corrected chi connectivity index (χ4v) is 2.08. The highest BCUT2D eigenvalue weighted by atomic mass is 16.5. The van der Waals surface area contributed by atoms with E-state index in [9.17, 15) is 14.7 Å². The Hall–Kier alpha value is -1.89. The van der Waals surface area contributed by atoms with E-state index in [0.29, 0.717) is 31.8 Å².